The van der Waals surface area contributed by atoms with Gasteiger partial charge in [0.1, 0.15) is 11.9 Å². The van der Waals surface area contributed by atoms with Crippen molar-refractivity contribution < 1.29 is 14.3 Å². The summed E-state index contributed by atoms with van der Waals surface area (Å²) in [7, 11) is 0. The van der Waals surface area contributed by atoms with E-state index < -0.39 is 12.0 Å². The van der Waals surface area contributed by atoms with Crippen LogP contribution in [0.5, 0.6) is 0 Å². The van der Waals surface area contributed by atoms with Crippen molar-refractivity contribution in [2.24, 2.45) is 0 Å². The van der Waals surface area contributed by atoms with Crippen molar-refractivity contribution in [3.63, 3.8) is 0 Å². The molecule has 0 unspecified atom stereocenters. The number of rotatable bonds is 3. The zero-order valence-corrected chi connectivity index (χ0v) is 12.2. The highest BCUT2D eigenvalue weighted by Gasteiger charge is 2.32. The van der Waals surface area contributed by atoms with E-state index in [1.165, 1.54) is 6.07 Å². The van der Waals surface area contributed by atoms with E-state index in [4.69, 9.17) is 0 Å². The molecule has 0 amide bonds. The Kier molecular flexibility index (Phi) is 3.75. The van der Waals surface area contributed by atoms with Crippen LogP contribution in [0.3, 0.4) is 0 Å². The molecule has 1 atom stereocenters. The first-order valence-electron chi connectivity index (χ1n) is 7.16. The summed E-state index contributed by atoms with van der Waals surface area (Å²) in [6.45, 7) is 2.40. The number of benzene rings is 1. The molecule has 1 aliphatic heterocycles. The Hall–Kier alpha value is -2.50. The summed E-state index contributed by atoms with van der Waals surface area (Å²) < 4.78 is 14.0. The van der Waals surface area contributed by atoms with Crippen molar-refractivity contribution in [1.82, 2.24) is 9.97 Å². The average Bonchev–Trinajstić information content (AvgIpc) is 2.98. The zero-order chi connectivity index (χ0) is 15.7. The molecule has 1 N–H and O–H groups in total. The standard InChI is InChI=1S/C16H16FN3O2/c1-10-9-18-16(20-8-4-7-13(20)15(21)22)19-14(10)11-5-2-3-6-12(11)17/h2-3,5-6,9,13H,4,7-8H2,1H3,(H,21,22)/t13-/m0/s1. The normalized spacial score (nSPS) is 17.7. The van der Waals surface area contributed by atoms with Crippen LogP contribution in [0.1, 0.15) is 18.4 Å². The molecule has 1 saturated heterocycles. The van der Waals surface area contributed by atoms with Crippen LogP contribution in [-0.4, -0.2) is 33.6 Å². The fourth-order valence-electron chi connectivity index (χ4n) is 2.76. The number of carboxylic acids is 1. The van der Waals surface area contributed by atoms with Gasteiger partial charge in [0.25, 0.3) is 0 Å². The van der Waals surface area contributed by atoms with Crippen LogP contribution in [0.4, 0.5) is 10.3 Å². The number of hydrogen-bond donors (Lipinski definition) is 1. The second kappa shape index (κ2) is 5.71. The van der Waals surface area contributed by atoms with Crippen LogP contribution >= 0.6 is 0 Å². The number of aromatic nitrogens is 2. The maximum absolute atomic E-state index is 14.0. The molecule has 0 spiro atoms. The minimum absolute atomic E-state index is 0.341. The van der Waals surface area contributed by atoms with Crippen LogP contribution < -0.4 is 4.90 Å². The Morgan fingerprint density at radius 1 is 1.41 bits per heavy atom. The molecular formula is C16H16FN3O2. The van der Waals surface area contributed by atoms with Crippen molar-refractivity contribution in [2.75, 3.05) is 11.4 Å². The highest BCUT2D eigenvalue weighted by atomic mass is 19.1. The topological polar surface area (TPSA) is 66.3 Å². The van der Waals surface area contributed by atoms with Gasteiger partial charge in [-0.25, -0.2) is 19.2 Å². The van der Waals surface area contributed by atoms with Crippen molar-refractivity contribution >= 4 is 11.9 Å². The fourth-order valence-corrected chi connectivity index (χ4v) is 2.76. The molecule has 1 aromatic carbocycles. The van der Waals surface area contributed by atoms with E-state index in [0.717, 1.165) is 12.0 Å². The molecule has 0 aliphatic carbocycles. The maximum Gasteiger partial charge on any atom is 0.326 e. The van der Waals surface area contributed by atoms with Crippen LogP contribution in [0.2, 0.25) is 0 Å². The van der Waals surface area contributed by atoms with Gasteiger partial charge in [0.2, 0.25) is 5.95 Å². The first kappa shape index (κ1) is 14.4. The van der Waals surface area contributed by atoms with E-state index in [2.05, 4.69) is 9.97 Å². The van der Waals surface area contributed by atoms with Gasteiger partial charge < -0.3 is 10.0 Å². The highest BCUT2D eigenvalue weighted by Crippen LogP contribution is 2.28. The van der Waals surface area contributed by atoms with Crippen LogP contribution in [0.15, 0.2) is 30.5 Å². The number of hydrogen-bond acceptors (Lipinski definition) is 4. The lowest BCUT2D eigenvalue weighted by molar-refractivity contribution is -0.138. The summed E-state index contributed by atoms with van der Waals surface area (Å²) in [4.78, 5) is 21.6. The molecule has 0 radical (unpaired) electrons. The third-order valence-electron chi connectivity index (χ3n) is 3.88. The summed E-state index contributed by atoms with van der Waals surface area (Å²) in [5.74, 6) is -0.894. The molecule has 22 heavy (non-hydrogen) atoms. The Labute approximate surface area is 127 Å². The monoisotopic (exact) mass is 301 g/mol. The van der Waals surface area contributed by atoms with Crippen LogP contribution in [0.25, 0.3) is 11.3 Å². The lowest BCUT2D eigenvalue weighted by Crippen LogP contribution is -2.37. The van der Waals surface area contributed by atoms with E-state index in [-0.39, 0.29) is 5.82 Å². The number of aryl methyl sites for hydroxylation is 1. The van der Waals surface area contributed by atoms with Gasteiger partial charge in [0.15, 0.2) is 0 Å². The minimum atomic E-state index is -0.880. The molecule has 0 saturated carbocycles. The smallest absolute Gasteiger partial charge is 0.326 e. The maximum atomic E-state index is 14.0. The van der Waals surface area contributed by atoms with Crippen molar-refractivity contribution in [3.05, 3.63) is 41.8 Å². The van der Waals surface area contributed by atoms with Gasteiger partial charge in [-0.15, -0.1) is 0 Å². The summed E-state index contributed by atoms with van der Waals surface area (Å²) in [6, 6.07) is 5.79. The quantitative estimate of drug-likeness (QED) is 0.944. The molecule has 2 heterocycles. The first-order valence-corrected chi connectivity index (χ1v) is 7.16. The number of carboxylic acid groups (broad SMARTS) is 1. The van der Waals surface area contributed by atoms with Crippen LogP contribution in [0, 0.1) is 12.7 Å². The molecule has 1 fully saturated rings. The number of carbonyl (C=O) groups is 1. The third-order valence-corrected chi connectivity index (χ3v) is 3.88. The summed E-state index contributed by atoms with van der Waals surface area (Å²) in [6.07, 6.45) is 2.96. The lowest BCUT2D eigenvalue weighted by Gasteiger charge is -2.22. The van der Waals surface area contributed by atoms with E-state index in [1.807, 2.05) is 6.92 Å². The van der Waals surface area contributed by atoms with Crippen molar-refractivity contribution in [1.29, 1.82) is 0 Å². The second-order valence-electron chi connectivity index (χ2n) is 5.37. The molecular weight excluding hydrogens is 285 g/mol. The predicted octanol–water partition coefficient (Wildman–Crippen LogP) is 2.64. The van der Waals surface area contributed by atoms with Gasteiger partial charge in [0.05, 0.1) is 5.69 Å². The van der Waals surface area contributed by atoms with Gasteiger partial charge in [-0.3, -0.25) is 0 Å². The van der Waals surface area contributed by atoms with Gasteiger partial charge in [0, 0.05) is 18.3 Å². The number of anilines is 1. The Balaban J connectivity index is 2.04. The minimum Gasteiger partial charge on any atom is -0.480 e. The molecule has 1 aromatic heterocycles. The summed E-state index contributed by atoms with van der Waals surface area (Å²) in [5, 5.41) is 9.27. The highest BCUT2D eigenvalue weighted by molar-refractivity contribution is 5.78. The summed E-state index contributed by atoms with van der Waals surface area (Å²) in [5.41, 5.74) is 1.65. The molecule has 114 valence electrons. The largest absolute Gasteiger partial charge is 0.480 e. The van der Waals surface area contributed by atoms with Crippen molar-refractivity contribution in [2.45, 2.75) is 25.8 Å². The molecule has 3 rings (SSSR count). The zero-order valence-electron chi connectivity index (χ0n) is 12.2. The molecule has 5 nitrogen and oxygen atoms in total. The number of nitrogens with zero attached hydrogens (tertiary/aromatic N) is 3. The molecule has 2 aromatic rings. The van der Waals surface area contributed by atoms with Gasteiger partial charge in [-0.1, -0.05) is 12.1 Å². The fraction of sp³-hybridized carbons (Fsp3) is 0.312. The van der Waals surface area contributed by atoms with Gasteiger partial charge >= 0.3 is 5.97 Å². The van der Waals surface area contributed by atoms with Gasteiger partial charge in [-0.2, -0.15) is 0 Å². The van der Waals surface area contributed by atoms with E-state index in [9.17, 15) is 14.3 Å². The average molecular weight is 301 g/mol. The molecule has 1 aliphatic rings. The predicted molar refractivity (Wildman–Crippen MR) is 80.2 cm³/mol. The number of halogens is 1. The SMILES string of the molecule is Cc1cnc(N2CCC[C@H]2C(=O)O)nc1-c1ccccc1F. The summed E-state index contributed by atoms with van der Waals surface area (Å²) >= 11 is 0. The second-order valence-corrected chi connectivity index (χ2v) is 5.37. The lowest BCUT2D eigenvalue weighted by atomic mass is 10.1. The first-order chi connectivity index (χ1) is 10.6. The Morgan fingerprint density at radius 3 is 2.91 bits per heavy atom. The van der Waals surface area contributed by atoms with Gasteiger partial charge in [-0.05, 0) is 37.5 Å². The van der Waals surface area contributed by atoms with E-state index in [0.29, 0.717) is 30.2 Å². The van der Waals surface area contributed by atoms with Crippen LogP contribution in [-0.2, 0) is 4.79 Å². The third kappa shape index (κ3) is 2.52. The van der Waals surface area contributed by atoms with E-state index >= 15 is 0 Å². The van der Waals surface area contributed by atoms with E-state index in [1.54, 1.807) is 29.3 Å². The van der Waals surface area contributed by atoms with Crippen molar-refractivity contribution in [3.8, 4) is 11.3 Å². The molecule has 6 heteroatoms. The number of aliphatic carboxylic acids is 1. The Bertz CT molecular complexity index is 720. The molecule has 0 bridgehead atoms. The Morgan fingerprint density at radius 2 is 2.18 bits per heavy atom.